The first-order valence-electron chi connectivity index (χ1n) is 10.7. The molecule has 31 heavy (non-hydrogen) atoms. The summed E-state index contributed by atoms with van der Waals surface area (Å²) < 4.78 is 26.5. The van der Waals surface area contributed by atoms with Gasteiger partial charge in [-0.05, 0) is 68.1 Å². The van der Waals surface area contributed by atoms with E-state index in [9.17, 15) is 13.9 Å². The molecule has 0 aliphatic carbocycles. The van der Waals surface area contributed by atoms with Gasteiger partial charge in [0.05, 0.1) is 12.1 Å². The summed E-state index contributed by atoms with van der Waals surface area (Å²) >= 11 is 0. The van der Waals surface area contributed by atoms with E-state index in [-0.39, 0.29) is 17.7 Å². The number of halogens is 2. The highest BCUT2D eigenvalue weighted by Crippen LogP contribution is 2.39. The molecule has 2 aromatic rings. The molecule has 162 valence electrons. The first-order chi connectivity index (χ1) is 15.0. The smallest absolute Gasteiger partial charge is 0.123 e. The van der Waals surface area contributed by atoms with Gasteiger partial charge in [0.2, 0.25) is 0 Å². The number of anilines is 1. The van der Waals surface area contributed by atoms with Gasteiger partial charge < -0.3 is 10.0 Å². The number of hydrogen-bond acceptors (Lipinski definition) is 2. The molecule has 0 amide bonds. The number of benzene rings is 2. The summed E-state index contributed by atoms with van der Waals surface area (Å²) in [6, 6.07) is 12.8. The van der Waals surface area contributed by atoms with E-state index in [0.717, 1.165) is 30.6 Å². The lowest BCUT2D eigenvalue weighted by Crippen LogP contribution is -2.57. The minimum Gasteiger partial charge on any atom is -0.388 e. The Labute approximate surface area is 183 Å². The van der Waals surface area contributed by atoms with Crippen molar-refractivity contribution in [3.8, 4) is 12.3 Å². The third-order valence-corrected chi connectivity index (χ3v) is 5.88. The van der Waals surface area contributed by atoms with E-state index in [1.54, 1.807) is 12.1 Å². The van der Waals surface area contributed by atoms with E-state index in [1.165, 1.54) is 29.8 Å². The first kappa shape index (κ1) is 22.8. The zero-order valence-corrected chi connectivity index (χ0v) is 17.8. The third-order valence-electron chi connectivity index (χ3n) is 5.88. The van der Waals surface area contributed by atoms with Gasteiger partial charge in [0.25, 0.3) is 0 Å². The van der Waals surface area contributed by atoms with Crippen LogP contribution < -0.4 is 4.90 Å². The van der Waals surface area contributed by atoms with Crippen molar-refractivity contribution in [3.05, 3.63) is 89.5 Å². The number of aliphatic hydroxyl groups is 1. The van der Waals surface area contributed by atoms with Crippen molar-refractivity contribution in [2.24, 2.45) is 5.92 Å². The van der Waals surface area contributed by atoms with Gasteiger partial charge in [-0.3, -0.25) is 0 Å². The van der Waals surface area contributed by atoms with E-state index in [2.05, 4.69) is 29.9 Å². The van der Waals surface area contributed by atoms with E-state index in [4.69, 9.17) is 6.42 Å². The maximum absolute atomic E-state index is 13.4. The van der Waals surface area contributed by atoms with Crippen molar-refractivity contribution in [2.45, 2.75) is 44.8 Å². The zero-order valence-electron chi connectivity index (χ0n) is 17.8. The maximum Gasteiger partial charge on any atom is 0.123 e. The second-order valence-electron chi connectivity index (χ2n) is 8.04. The molecule has 0 bridgehead atoms. The standard InChI is InChI=1S/C27H29F2NO/c1-3-4-5-6-7-8-20(2)27-22(19-30(27)25-16-14-24(29)15-17-25)11-18-26(31)21-9-12-23(28)13-10-21/h1,5-6,8-10,12-17,22,26-27,31H,4,7,11,18-19H2,2H3/b6-5-,20-8+. The minimum atomic E-state index is -0.614. The monoisotopic (exact) mass is 421 g/mol. The fourth-order valence-electron chi connectivity index (χ4n) is 4.19. The summed E-state index contributed by atoms with van der Waals surface area (Å²) in [5.74, 6) is 2.43. The molecule has 1 N–H and O–H groups in total. The van der Waals surface area contributed by atoms with Crippen molar-refractivity contribution in [1.82, 2.24) is 0 Å². The van der Waals surface area contributed by atoms with Crippen LogP contribution in [0.1, 0.15) is 44.3 Å². The van der Waals surface area contributed by atoms with Crippen molar-refractivity contribution in [1.29, 1.82) is 0 Å². The van der Waals surface area contributed by atoms with Gasteiger partial charge in [0.1, 0.15) is 11.6 Å². The lowest BCUT2D eigenvalue weighted by atomic mass is 9.79. The Morgan fingerprint density at radius 2 is 1.77 bits per heavy atom. The maximum atomic E-state index is 13.4. The van der Waals surface area contributed by atoms with Crippen LogP contribution in [0.2, 0.25) is 0 Å². The first-order valence-corrected chi connectivity index (χ1v) is 10.7. The second kappa shape index (κ2) is 10.9. The number of terminal acetylenes is 1. The molecule has 2 aromatic carbocycles. The molecule has 0 spiro atoms. The van der Waals surface area contributed by atoms with Crippen molar-refractivity contribution in [3.63, 3.8) is 0 Å². The Kier molecular flexibility index (Phi) is 8.03. The summed E-state index contributed by atoms with van der Waals surface area (Å²) in [5, 5.41) is 10.5. The summed E-state index contributed by atoms with van der Waals surface area (Å²) in [6.45, 7) is 2.98. The number of aliphatic hydroxyl groups excluding tert-OH is 1. The van der Waals surface area contributed by atoms with E-state index in [0.29, 0.717) is 18.8 Å². The van der Waals surface area contributed by atoms with Gasteiger partial charge in [-0.2, -0.15) is 0 Å². The van der Waals surface area contributed by atoms with Crippen LogP contribution in [-0.4, -0.2) is 17.7 Å². The van der Waals surface area contributed by atoms with Crippen LogP contribution in [0.4, 0.5) is 14.5 Å². The van der Waals surface area contributed by atoms with Gasteiger partial charge in [-0.15, -0.1) is 12.3 Å². The van der Waals surface area contributed by atoms with Crippen LogP contribution in [-0.2, 0) is 0 Å². The predicted molar refractivity (Wildman–Crippen MR) is 123 cm³/mol. The van der Waals surface area contributed by atoms with Gasteiger partial charge in [0.15, 0.2) is 0 Å². The number of hydrogen-bond donors (Lipinski definition) is 1. The lowest BCUT2D eigenvalue weighted by molar-refractivity contribution is 0.147. The van der Waals surface area contributed by atoms with Crippen LogP contribution in [0, 0.1) is 29.9 Å². The fourth-order valence-corrected chi connectivity index (χ4v) is 4.19. The molecule has 3 rings (SSSR count). The highest BCUT2D eigenvalue weighted by Gasteiger charge is 2.39. The van der Waals surface area contributed by atoms with E-state index < -0.39 is 6.10 Å². The number of allylic oxidation sites excluding steroid dienone is 3. The third kappa shape index (κ3) is 6.06. The average molecular weight is 422 g/mol. The Bertz CT molecular complexity index is 941. The van der Waals surface area contributed by atoms with Crippen molar-refractivity contribution < 1.29 is 13.9 Å². The highest BCUT2D eigenvalue weighted by molar-refractivity contribution is 5.53. The summed E-state index contributed by atoms with van der Waals surface area (Å²) in [4.78, 5) is 2.28. The van der Waals surface area contributed by atoms with Crippen molar-refractivity contribution in [2.75, 3.05) is 11.4 Å². The van der Waals surface area contributed by atoms with Crippen LogP contribution >= 0.6 is 0 Å². The molecular weight excluding hydrogens is 392 g/mol. The molecule has 1 aliphatic heterocycles. The minimum absolute atomic E-state index is 0.201. The quantitative estimate of drug-likeness (QED) is 0.385. The van der Waals surface area contributed by atoms with Crippen LogP contribution in [0.5, 0.6) is 0 Å². The molecule has 2 nitrogen and oxygen atoms in total. The molecule has 4 heteroatoms. The molecule has 0 saturated carbocycles. The van der Waals surface area contributed by atoms with E-state index in [1.807, 2.05) is 18.2 Å². The van der Waals surface area contributed by atoms with Gasteiger partial charge in [-0.1, -0.05) is 35.9 Å². The largest absolute Gasteiger partial charge is 0.388 e. The van der Waals surface area contributed by atoms with Crippen molar-refractivity contribution >= 4 is 5.69 Å². The normalized spacial score (nSPS) is 19.8. The topological polar surface area (TPSA) is 23.5 Å². The van der Waals surface area contributed by atoms with Gasteiger partial charge >= 0.3 is 0 Å². The predicted octanol–water partition coefficient (Wildman–Crippen LogP) is 6.20. The van der Waals surface area contributed by atoms with Gasteiger partial charge in [0, 0.05) is 24.6 Å². The SMILES string of the molecule is C#CC/C=C\C/C=C(\C)C1C(CCC(O)c2ccc(F)cc2)CN1c1ccc(F)cc1. The molecule has 1 fully saturated rings. The molecule has 3 atom stereocenters. The fraction of sp³-hybridized carbons (Fsp3) is 0.333. The number of nitrogens with zero attached hydrogens (tertiary/aromatic N) is 1. The lowest BCUT2D eigenvalue weighted by Gasteiger charge is -2.51. The molecule has 3 unspecified atom stereocenters. The molecule has 1 heterocycles. The molecule has 0 aromatic heterocycles. The molecule has 0 radical (unpaired) electrons. The summed E-state index contributed by atoms with van der Waals surface area (Å²) in [7, 11) is 0. The highest BCUT2D eigenvalue weighted by atomic mass is 19.1. The Morgan fingerprint density at radius 1 is 1.13 bits per heavy atom. The molecule has 1 saturated heterocycles. The zero-order chi connectivity index (χ0) is 22.2. The Balaban J connectivity index is 1.67. The van der Waals surface area contributed by atoms with Crippen LogP contribution in [0.15, 0.2) is 72.3 Å². The Morgan fingerprint density at radius 3 is 2.42 bits per heavy atom. The second-order valence-corrected chi connectivity index (χ2v) is 8.04. The van der Waals surface area contributed by atoms with Crippen LogP contribution in [0.25, 0.3) is 0 Å². The van der Waals surface area contributed by atoms with Crippen LogP contribution in [0.3, 0.4) is 0 Å². The van der Waals surface area contributed by atoms with E-state index >= 15 is 0 Å². The summed E-state index contributed by atoms with van der Waals surface area (Å²) in [5.41, 5.74) is 2.98. The molecule has 1 aliphatic rings. The number of rotatable bonds is 9. The van der Waals surface area contributed by atoms with Gasteiger partial charge in [-0.25, -0.2) is 8.78 Å². The molecular formula is C27H29F2NO. The average Bonchev–Trinajstić information content (AvgIpc) is 2.74. The Hall–Kier alpha value is -2.90. The summed E-state index contributed by atoms with van der Waals surface area (Å²) in [6.07, 6.45) is 13.8.